The van der Waals surface area contributed by atoms with Gasteiger partial charge in [0.2, 0.25) is 0 Å². The highest BCUT2D eigenvalue weighted by molar-refractivity contribution is 5.79. The lowest BCUT2D eigenvalue weighted by molar-refractivity contribution is -0.119. The average Bonchev–Trinajstić information content (AvgIpc) is 2.64. The Kier molecular flexibility index (Phi) is 11.6. The molecule has 0 bridgehead atoms. The van der Waals surface area contributed by atoms with Gasteiger partial charge in [-0.3, -0.25) is 4.79 Å². The molecule has 0 atom stereocenters. The maximum atomic E-state index is 10.8. The molecule has 0 fully saturated rings. The maximum absolute atomic E-state index is 10.8. The number of methoxy groups -OCH3 is 1. The van der Waals surface area contributed by atoms with Crippen LogP contribution < -0.4 is 21.1 Å². The number of aliphatic imine (C=N–C) groups is 1. The molecule has 0 aliphatic heterocycles. The van der Waals surface area contributed by atoms with Crippen molar-refractivity contribution in [3.63, 3.8) is 0 Å². The number of benzene rings is 1. The monoisotopic (exact) mass is 366 g/mol. The molecular weight excluding hydrogens is 336 g/mol. The van der Waals surface area contributed by atoms with Gasteiger partial charge in [-0.1, -0.05) is 12.1 Å². The number of nitrogens with zero attached hydrogens (tertiary/aromatic N) is 1. The minimum atomic E-state index is -0.502. The van der Waals surface area contributed by atoms with Gasteiger partial charge in [0.05, 0.1) is 19.8 Å². The highest BCUT2D eigenvalue weighted by Crippen LogP contribution is 2.13. The van der Waals surface area contributed by atoms with Gasteiger partial charge in [-0.25, -0.2) is 4.99 Å². The molecule has 0 aliphatic rings. The van der Waals surface area contributed by atoms with Crippen molar-refractivity contribution in [3.05, 3.63) is 29.8 Å². The van der Waals surface area contributed by atoms with Crippen molar-refractivity contribution < 1.29 is 19.0 Å². The van der Waals surface area contributed by atoms with E-state index in [1.807, 2.05) is 25.1 Å². The van der Waals surface area contributed by atoms with Crippen molar-refractivity contribution in [1.82, 2.24) is 10.6 Å². The molecule has 1 amide bonds. The van der Waals surface area contributed by atoms with Crippen LogP contribution >= 0.6 is 0 Å². The minimum absolute atomic E-state index is 0.136. The van der Waals surface area contributed by atoms with Gasteiger partial charge in [0.1, 0.15) is 5.75 Å². The van der Waals surface area contributed by atoms with E-state index in [4.69, 9.17) is 19.9 Å². The summed E-state index contributed by atoms with van der Waals surface area (Å²) < 4.78 is 15.7. The maximum Gasteiger partial charge on any atom is 0.255 e. The third kappa shape index (κ3) is 10.5. The van der Waals surface area contributed by atoms with Crippen molar-refractivity contribution in [2.75, 3.05) is 46.6 Å². The summed E-state index contributed by atoms with van der Waals surface area (Å²) >= 11 is 0. The predicted octanol–water partition coefficient (Wildman–Crippen LogP) is 0.659. The molecule has 0 saturated heterocycles. The Morgan fingerprint density at radius 3 is 2.81 bits per heavy atom. The van der Waals surface area contributed by atoms with Crippen molar-refractivity contribution >= 4 is 11.9 Å². The van der Waals surface area contributed by atoms with Crippen molar-refractivity contribution in [3.8, 4) is 5.75 Å². The molecule has 0 aromatic heterocycles. The number of nitrogens with two attached hydrogens (primary N) is 1. The zero-order chi connectivity index (χ0) is 19.0. The van der Waals surface area contributed by atoms with Crippen LogP contribution in [0.4, 0.5) is 0 Å². The van der Waals surface area contributed by atoms with Crippen LogP contribution in [0.1, 0.15) is 18.9 Å². The molecule has 146 valence electrons. The van der Waals surface area contributed by atoms with Crippen molar-refractivity contribution in [1.29, 1.82) is 0 Å². The number of amides is 1. The van der Waals surface area contributed by atoms with Crippen LogP contribution in [0.15, 0.2) is 29.3 Å². The SMILES string of the molecule is CCNC(=NCc1cccc(OCC(N)=O)c1)NCCCOCCOC. The average molecular weight is 366 g/mol. The Labute approximate surface area is 155 Å². The van der Waals surface area contributed by atoms with E-state index in [9.17, 15) is 4.79 Å². The topological polar surface area (TPSA) is 107 Å². The number of nitrogens with one attached hydrogen (secondary N) is 2. The fraction of sp³-hybridized carbons (Fsp3) is 0.556. The third-order valence-corrected chi connectivity index (χ3v) is 3.23. The quantitative estimate of drug-likeness (QED) is 0.269. The summed E-state index contributed by atoms with van der Waals surface area (Å²) in [6.45, 7) is 5.81. The lowest BCUT2D eigenvalue weighted by atomic mass is 10.2. The van der Waals surface area contributed by atoms with E-state index in [1.165, 1.54) is 0 Å². The smallest absolute Gasteiger partial charge is 0.255 e. The molecule has 0 unspecified atom stereocenters. The van der Waals surface area contributed by atoms with E-state index in [1.54, 1.807) is 13.2 Å². The first kappa shape index (κ1) is 21.7. The molecule has 26 heavy (non-hydrogen) atoms. The second-order valence-electron chi connectivity index (χ2n) is 5.48. The predicted molar refractivity (Wildman–Crippen MR) is 101 cm³/mol. The normalized spacial score (nSPS) is 11.2. The summed E-state index contributed by atoms with van der Waals surface area (Å²) in [5.74, 6) is 0.841. The summed E-state index contributed by atoms with van der Waals surface area (Å²) in [5.41, 5.74) is 6.06. The summed E-state index contributed by atoms with van der Waals surface area (Å²) in [6, 6.07) is 7.44. The van der Waals surface area contributed by atoms with Gasteiger partial charge in [-0.15, -0.1) is 0 Å². The van der Waals surface area contributed by atoms with E-state index < -0.39 is 5.91 Å². The molecular formula is C18H30N4O4. The number of hydrogen-bond acceptors (Lipinski definition) is 5. The van der Waals surface area contributed by atoms with Crippen LogP contribution in [0.5, 0.6) is 5.75 Å². The van der Waals surface area contributed by atoms with Gasteiger partial charge in [-0.2, -0.15) is 0 Å². The Bertz CT molecular complexity index is 552. The number of guanidine groups is 1. The van der Waals surface area contributed by atoms with Gasteiger partial charge < -0.3 is 30.6 Å². The summed E-state index contributed by atoms with van der Waals surface area (Å²) in [5, 5.41) is 6.48. The molecule has 0 heterocycles. The van der Waals surface area contributed by atoms with E-state index in [0.29, 0.717) is 32.1 Å². The van der Waals surface area contributed by atoms with Crippen molar-refractivity contribution in [2.24, 2.45) is 10.7 Å². The van der Waals surface area contributed by atoms with Crippen LogP contribution in [-0.2, 0) is 20.8 Å². The second kappa shape index (κ2) is 13.9. The zero-order valence-corrected chi connectivity index (χ0v) is 15.6. The van der Waals surface area contributed by atoms with Crippen LogP contribution in [0.2, 0.25) is 0 Å². The minimum Gasteiger partial charge on any atom is -0.484 e. The first-order valence-electron chi connectivity index (χ1n) is 8.74. The first-order chi connectivity index (χ1) is 12.7. The summed E-state index contributed by atoms with van der Waals surface area (Å²) in [7, 11) is 1.66. The van der Waals surface area contributed by atoms with Gasteiger partial charge in [0, 0.05) is 26.8 Å². The molecule has 1 aromatic rings. The third-order valence-electron chi connectivity index (χ3n) is 3.23. The lowest BCUT2D eigenvalue weighted by Crippen LogP contribution is -2.38. The number of carbonyl (C=O) groups excluding carboxylic acids is 1. The summed E-state index contributed by atoms with van der Waals surface area (Å²) in [6.07, 6.45) is 0.880. The molecule has 0 saturated carbocycles. The number of ether oxygens (including phenoxy) is 3. The largest absolute Gasteiger partial charge is 0.484 e. The van der Waals surface area contributed by atoms with Crippen LogP contribution in [0.25, 0.3) is 0 Å². The Hall–Kier alpha value is -2.32. The van der Waals surface area contributed by atoms with Gasteiger partial charge in [-0.05, 0) is 31.0 Å². The Balaban J connectivity index is 2.42. The molecule has 0 radical (unpaired) electrons. The number of hydrogen-bond donors (Lipinski definition) is 3. The molecule has 1 rings (SSSR count). The molecule has 1 aromatic carbocycles. The molecule has 4 N–H and O–H groups in total. The lowest BCUT2D eigenvalue weighted by Gasteiger charge is -2.11. The van der Waals surface area contributed by atoms with Gasteiger partial charge in [0.25, 0.3) is 5.91 Å². The fourth-order valence-corrected chi connectivity index (χ4v) is 2.03. The zero-order valence-electron chi connectivity index (χ0n) is 15.6. The van der Waals surface area contributed by atoms with E-state index in [2.05, 4.69) is 15.6 Å². The highest BCUT2D eigenvalue weighted by Gasteiger charge is 2.01. The standard InChI is InChI=1S/C18H30N4O4/c1-3-20-18(21-8-5-9-25-11-10-24-2)22-13-15-6-4-7-16(12-15)26-14-17(19)23/h4,6-7,12H,3,5,8-11,13-14H2,1-2H3,(H2,19,23)(H2,20,21,22). The molecule has 8 heteroatoms. The molecule has 0 aliphatic carbocycles. The number of rotatable bonds is 13. The number of carbonyl (C=O) groups is 1. The second-order valence-corrected chi connectivity index (χ2v) is 5.48. The first-order valence-corrected chi connectivity index (χ1v) is 8.74. The molecule has 0 spiro atoms. The van der Waals surface area contributed by atoms with Crippen LogP contribution in [0.3, 0.4) is 0 Å². The van der Waals surface area contributed by atoms with Gasteiger partial charge in [0.15, 0.2) is 12.6 Å². The number of primary amides is 1. The Morgan fingerprint density at radius 1 is 1.23 bits per heavy atom. The molecule has 8 nitrogen and oxygen atoms in total. The van der Waals surface area contributed by atoms with E-state index >= 15 is 0 Å². The van der Waals surface area contributed by atoms with E-state index in [-0.39, 0.29) is 6.61 Å². The summed E-state index contributed by atoms with van der Waals surface area (Å²) in [4.78, 5) is 15.3. The fourth-order valence-electron chi connectivity index (χ4n) is 2.03. The van der Waals surface area contributed by atoms with Crippen LogP contribution in [0, 0.1) is 0 Å². The Morgan fingerprint density at radius 2 is 2.08 bits per heavy atom. The van der Waals surface area contributed by atoms with Gasteiger partial charge >= 0.3 is 0 Å². The van der Waals surface area contributed by atoms with E-state index in [0.717, 1.165) is 31.0 Å². The highest BCUT2D eigenvalue weighted by atomic mass is 16.5. The van der Waals surface area contributed by atoms with Crippen LogP contribution in [-0.4, -0.2) is 58.5 Å². The van der Waals surface area contributed by atoms with Crippen molar-refractivity contribution in [2.45, 2.75) is 19.9 Å².